The standard InChI is InChI=1S/C12H9BrN4/c13-10-1-2-12(9(5-10)6-14)17-8-11-7-15-3-4-16-11/h1-5,7,17H,8H2. The van der Waals surface area contributed by atoms with Crippen LogP contribution in [0.5, 0.6) is 0 Å². The predicted molar refractivity (Wildman–Crippen MR) is 68.2 cm³/mol. The zero-order valence-corrected chi connectivity index (χ0v) is 10.5. The lowest BCUT2D eigenvalue weighted by Gasteiger charge is -2.07. The fourth-order valence-electron chi connectivity index (χ4n) is 1.37. The minimum atomic E-state index is 0.546. The lowest BCUT2D eigenvalue weighted by Crippen LogP contribution is -2.03. The molecule has 4 nitrogen and oxygen atoms in total. The number of nitrogens with zero attached hydrogens (tertiary/aromatic N) is 3. The van der Waals surface area contributed by atoms with E-state index in [2.05, 4.69) is 37.3 Å². The number of aromatic nitrogens is 2. The van der Waals surface area contributed by atoms with Crippen LogP contribution in [0.1, 0.15) is 11.3 Å². The Morgan fingerprint density at radius 2 is 2.24 bits per heavy atom. The minimum Gasteiger partial charge on any atom is -0.378 e. The summed E-state index contributed by atoms with van der Waals surface area (Å²) in [6.07, 6.45) is 4.96. The molecule has 84 valence electrons. The first-order chi connectivity index (χ1) is 8.29. The van der Waals surface area contributed by atoms with E-state index in [-0.39, 0.29) is 0 Å². The van der Waals surface area contributed by atoms with Gasteiger partial charge in [-0.2, -0.15) is 5.26 Å². The van der Waals surface area contributed by atoms with Crippen LogP contribution in [0.15, 0.2) is 41.3 Å². The van der Waals surface area contributed by atoms with Crippen LogP contribution in [0.2, 0.25) is 0 Å². The van der Waals surface area contributed by atoms with Crippen molar-refractivity contribution in [1.82, 2.24) is 9.97 Å². The molecule has 0 aliphatic carbocycles. The van der Waals surface area contributed by atoms with Gasteiger partial charge in [0, 0.05) is 16.9 Å². The highest BCUT2D eigenvalue weighted by molar-refractivity contribution is 9.10. The van der Waals surface area contributed by atoms with Crippen LogP contribution in [0.3, 0.4) is 0 Å². The van der Waals surface area contributed by atoms with Gasteiger partial charge in [-0.25, -0.2) is 0 Å². The van der Waals surface area contributed by atoms with Gasteiger partial charge in [-0.1, -0.05) is 15.9 Å². The molecule has 0 aliphatic heterocycles. The number of benzene rings is 1. The van der Waals surface area contributed by atoms with Gasteiger partial charge in [0.05, 0.1) is 29.7 Å². The first kappa shape index (κ1) is 11.6. The number of rotatable bonds is 3. The van der Waals surface area contributed by atoms with E-state index in [0.29, 0.717) is 12.1 Å². The zero-order chi connectivity index (χ0) is 12.1. The van der Waals surface area contributed by atoms with Gasteiger partial charge in [0.15, 0.2) is 0 Å². The van der Waals surface area contributed by atoms with Crippen LogP contribution in [-0.2, 0) is 6.54 Å². The summed E-state index contributed by atoms with van der Waals surface area (Å²) in [5.41, 5.74) is 2.23. The molecule has 1 aromatic heterocycles. The quantitative estimate of drug-likeness (QED) is 0.943. The minimum absolute atomic E-state index is 0.546. The Bertz CT molecular complexity index is 548. The highest BCUT2D eigenvalue weighted by atomic mass is 79.9. The lowest BCUT2D eigenvalue weighted by atomic mass is 10.2. The average Bonchev–Trinajstić information content (AvgIpc) is 2.38. The molecular weight excluding hydrogens is 280 g/mol. The van der Waals surface area contributed by atoms with Gasteiger partial charge in [0.1, 0.15) is 6.07 Å². The second kappa shape index (κ2) is 5.41. The third-order valence-electron chi connectivity index (χ3n) is 2.18. The Morgan fingerprint density at radius 3 is 2.94 bits per heavy atom. The molecule has 0 unspecified atom stereocenters. The van der Waals surface area contributed by atoms with Crippen molar-refractivity contribution in [2.75, 3.05) is 5.32 Å². The van der Waals surface area contributed by atoms with Crippen molar-refractivity contribution in [2.24, 2.45) is 0 Å². The van der Waals surface area contributed by atoms with E-state index in [1.807, 2.05) is 12.1 Å². The van der Waals surface area contributed by atoms with Crippen molar-refractivity contribution < 1.29 is 0 Å². The summed E-state index contributed by atoms with van der Waals surface area (Å²) in [7, 11) is 0. The van der Waals surface area contributed by atoms with E-state index in [1.54, 1.807) is 24.7 Å². The van der Waals surface area contributed by atoms with Crippen LogP contribution >= 0.6 is 15.9 Å². The maximum atomic E-state index is 9.00. The fraction of sp³-hybridized carbons (Fsp3) is 0.0833. The summed E-state index contributed by atoms with van der Waals surface area (Å²) >= 11 is 3.33. The van der Waals surface area contributed by atoms with Crippen molar-refractivity contribution in [3.05, 3.63) is 52.5 Å². The number of anilines is 1. The Hall–Kier alpha value is -1.93. The normalized spacial score (nSPS) is 9.65. The van der Waals surface area contributed by atoms with E-state index in [9.17, 15) is 0 Å². The Kier molecular flexibility index (Phi) is 3.68. The van der Waals surface area contributed by atoms with E-state index >= 15 is 0 Å². The number of nitrogens with one attached hydrogen (secondary N) is 1. The fourth-order valence-corrected chi connectivity index (χ4v) is 1.73. The molecule has 0 saturated heterocycles. The monoisotopic (exact) mass is 288 g/mol. The number of halogens is 1. The molecule has 17 heavy (non-hydrogen) atoms. The molecule has 5 heteroatoms. The maximum absolute atomic E-state index is 9.00. The van der Waals surface area contributed by atoms with Gasteiger partial charge in [-0.15, -0.1) is 0 Å². The van der Waals surface area contributed by atoms with Crippen molar-refractivity contribution in [3.63, 3.8) is 0 Å². The second-order valence-corrected chi connectivity index (χ2v) is 4.27. The van der Waals surface area contributed by atoms with Crippen LogP contribution < -0.4 is 5.32 Å². The van der Waals surface area contributed by atoms with Crippen LogP contribution in [0.25, 0.3) is 0 Å². The highest BCUT2D eigenvalue weighted by Crippen LogP contribution is 2.20. The van der Waals surface area contributed by atoms with E-state index in [0.717, 1.165) is 15.9 Å². The van der Waals surface area contributed by atoms with E-state index in [1.165, 1.54) is 0 Å². The van der Waals surface area contributed by atoms with Crippen LogP contribution in [-0.4, -0.2) is 9.97 Å². The van der Waals surface area contributed by atoms with Crippen molar-refractivity contribution >= 4 is 21.6 Å². The zero-order valence-electron chi connectivity index (χ0n) is 8.89. The molecule has 1 N–H and O–H groups in total. The molecule has 1 heterocycles. The topological polar surface area (TPSA) is 61.6 Å². The molecule has 0 radical (unpaired) electrons. The summed E-state index contributed by atoms with van der Waals surface area (Å²) in [5, 5.41) is 12.2. The van der Waals surface area contributed by atoms with E-state index in [4.69, 9.17) is 5.26 Å². The van der Waals surface area contributed by atoms with Gasteiger partial charge < -0.3 is 5.32 Å². The first-order valence-electron chi connectivity index (χ1n) is 4.98. The van der Waals surface area contributed by atoms with Crippen molar-refractivity contribution in [1.29, 1.82) is 5.26 Å². The molecule has 1 aromatic carbocycles. The predicted octanol–water partition coefficient (Wildman–Crippen LogP) is 2.72. The maximum Gasteiger partial charge on any atom is 0.101 e. The third kappa shape index (κ3) is 3.02. The molecule has 0 saturated carbocycles. The van der Waals surface area contributed by atoms with E-state index < -0.39 is 0 Å². The Labute approximate surface area is 107 Å². The van der Waals surface area contributed by atoms with Crippen molar-refractivity contribution in [2.45, 2.75) is 6.54 Å². The Morgan fingerprint density at radius 1 is 1.35 bits per heavy atom. The molecule has 0 atom stereocenters. The van der Waals surface area contributed by atoms with Crippen LogP contribution in [0, 0.1) is 11.3 Å². The highest BCUT2D eigenvalue weighted by Gasteiger charge is 2.02. The smallest absolute Gasteiger partial charge is 0.101 e. The largest absolute Gasteiger partial charge is 0.378 e. The SMILES string of the molecule is N#Cc1cc(Br)ccc1NCc1cnccn1. The second-order valence-electron chi connectivity index (χ2n) is 3.35. The summed E-state index contributed by atoms with van der Waals surface area (Å²) in [6.45, 7) is 0.546. The molecule has 2 rings (SSSR count). The molecule has 0 amide bonds. The molecule has 0 bridgehead atoms. The number of nitriles is 1. The molecular formula is C12H9BrN4. The Balaban J connectivity index is 2.12. The van der Waals surface area contributed by atoms with Gasteiger partial charge >= 0.3 is 0 Å². The third-order valence-corrected chi connectivity index (χ3v) is 2.67. The molecule has 0 aliphatic rings. The van der Waals surface area contributed by atoms with Gasteiger partial charge in [0.2, 0.25) is 0 Å². The number of hydrogen-bond acceptors (Lipinski definition) is 4. The number of hydrogen-bond donors (Lipinski definition) is 1. The molecule has 0 spiro atoms. The van der Waals surface area contributed by atoms with Crippen LogP contribution in [0.4, 0.5) is 5.69 Å². The summed E-state index contributed by atoms with van der Waals surface area (Å²) in [4.78, 5) is 8.13. The molecule has 0 fully saturated rings. The lowest BCUT2D eigenvalue weighted by molar-refractivity contribution is 1.01. The summed E-state index contributed by atoms with van der Waals surface area (Å²) in [6, 6.07) is 7.67. The first-order valence-corrected chi connectivity index (χ1v) is 5.77. The molecule has 2 aromatic rings. The van der Waals surface area contributed by atoms with Gasteiger partial charge in [-0.05, 0) is 18.2 Å². The average molecular weight is 289 g/mol. The van der Waals surface area contributed by atoms with Gasteiger partial charge in [0.25, 0.3) is 0 Å². The summed E-state index contributed by atoms with van der Waals surface area (Å²) in [5.74, 6) is 0. The van der Waals surface area contributed by atoms with Crippen molar-refractivity contribution in [3.8, 4) is 6.07 Å². The van der Waals surface area contributed by atoms with Gasteiger partial charge in [-0.3, -0.25) is 9.97 Å². The summed E-state index contributed by atoms with van der Waals surface area (Å²) < 4.78 is 0.888.